The standard InChI is InChI=1S/C17H34O5/c1-2-3-4-5-6-7-8-9-10-11-13-15(19)17(21)16(20)14(12-18)22-13/h13-21H,2-12H2,1H3/t13-,14+,15-,16+,17+/m0/s1. The lowest BCUT2D eigenvalue weighted by molar-refractivity contribution is -0.230. The van der Waals surface area contributed by atoms with E-state index in [-0.39, 0.29) is 6.61 Å². The first-order valence-corrected chi connectivity index (χ1v) is 8.92. The van der Waals surface area contributed by atoms with Crippen molar-refractivity contribution in [1.82, 2.24) is 0 Å². The van der Waals surface area contributed by atoms with Gasteiger partial charge in [-0.2, -0.15) is 0 Å². The number of hydrogen-bond acceptors (Lipinski definition) is 5. The highest BCUT2D eigenvalue weighted by Gasteiger charge is 2.42. The van der Waals surface area contributed by atoms with Crippen molar-refractivity contribution >= 4 is 0 Å². The summed E-state index contributed by atoms with van der Waals surface area (Å²) >= 11 is 0. The third-order valence-electron chi connectivity index (χ3n) is 4.58. The first kappa shape index (κ1) is 19.8. The molecule has 1 fully saturated rings. The molecule has 5 nitrogen and oxygen atoms in total. The second-order valence-corrected chi connectivity index (χ2v) is 6.48. The van der Waals surface area contributed by atoms with Crippen LogP contribution in [0.5, 0.6) is 0 Å². The number of rotatable bonds is 11. The Morgan fingerprint density at radius 3 is 1.73 bits per heavy atom. The molecule has 22 heavy (non-hydrogen) atoms. The van der Waals surface area contributed by atoms with Crippen LogP contribution >= 0.6 is 0 Å². The van der Waals surface area contributed by atoms with Crippen LogP contribution in [0.2, 0.25) is 0 Å². The van der Waals surface area contributed by atoms with E-state index < -0.39 is 30.5 Å². The van der Waals surface area contributed by atoms with Crippen LogP contribution in [0.4, 0.5) is 0 Å². The summed E-state index contributed by atoms with van der Waals surface area (Å²) in [6.07, 6.45) is 6.81. The summed E-state index contributed by atoms with van der Waals surface area (Å²) in [5.74, 6) is 0. The van der Waals surface area contributed by atoms with Gasteiger partial charge in [-0.15, -0.1) is 0 Å². The van der Waals surface area contributed by atoms with Crippen molar-refractivity contribution in [2.75, 3.05) is 6.61 Å². The number of aliphatic hydroxyl groups excluding tert-OH is 4. The first-order chi connectivity index (χ1) is 10.6. The second kappa shape index (κ2) is 11.4. The lowest BCUT2D eigenvalue weighted by Gasteiger charge is -2.40. The Labute approximate surface area is 134 Å². The van der Waals surface area contributed by atoms with Gasteiger partial charge in [-0.25, -0.2) is 0 Å². The van der Waals surface area contributed by atoms with Crippen LogP contribution in [-0.2, 0) is 4.74 Å². The van der Waals surface area contributed by atoms with E-state index >= 15 is 0 Å². The van der Waals surface area contributed by atoms with Crippen molar-refractivity contribution in [3.05, 3.63) is 0 Å². The van der Waals surface area contributed by atoms with Gasteiger partial charge >= 0.3 is 0 Å². The molecule has 4 N–H and O–H groups in total. The van der Waals surface area contributed by atoms with Gasteiger partial charge in [0.1, 0.15) is 24.4 Å². The van der Waals surface area contributed by atoms with Crippen LogP contribution < -0.4 is 0 Å². The summed E-state index contributed by atoms with van der Waals surface area (Å²) in [6.45, 7) is 1.87. The average molecular weight is 318 g/mol. The zero-order valence-electron chi connectivity index (χ0n) is 13.9. The van der Waals surface area contributed by atoms with Gasteiger partial charge in [-0.3, -0.25) is 0 Å². The molecule has 0 radical (unpaired) electrons. The molecule has 1 rings (SSSR count). The maximum atomic E-state index is 9.93. The molecule has 0 aromatic carbocycles. The Morgan fingerprint density at radius 1 is 0.682 bits per heavy atom. The molecule has 0 unspecified atom stereocenters. The molecule has 0 saturated carbocycles. The summed E-state index contributed by atoms with van der Waals surface area (Å²) in [5, 5.41) is 38.5. The molecular weight excluding hydrogens is 284 g/mol. The molecular formula is C17H34O5. The van der Waals surface area contributed by atoms with Gasteiger partial charge in [-0.05, 0) is 6.42 Å². The molecule has 5 heteroatoms. The van der Waals surface area contributed by atoms with E-state index in [1.807, 2.05) is 0 Å². The number of hydrogen-bond donors (Lipinski definition) is 4. The van der Waals surface area contributed by atoms with Crippen molar-refractivity contribution in [1.29, 1.82) is 0 Å². The van der Waals surface area contributed by atoms with E-state index in [2.05, 4.69) is 6.92 Å². The van der Waals surface area contributed by atoms with Crippen molar-refractivity contribution < 1.29 is 25.2 Å². The van der Waals surface area contributed by atoms with E-state index in [0.29, 0.717) is 6.42 Å². The van der Waals surface area contributed by atoms with Crippen LogP contribution in [0.15, 0.2) is 0 Å². The number of ether oxygens (including phenoxy) is 1. The van der Waals surface area contributed by atoms with E-state index in [4.69, 9.17) is 9.84 Å². The van der Waals surface area contributed by atoms with Gasteiger partial charge < -0.3 is 25.2 Å². The van der Waals surface area contributed by atoms with Crippen molar-refractivity contribution in [2.24, 2.45) is 0 Å². The molecule has 0 aromatic rings. The van der Waals surface area contributed by atoms with Crippen molar-refractivity contribution in [2.45, 2.75) is 102 Å². The summed E-state index contributed by atoms with van der Waals surface area (Å²) in [7, 11) is 0. The molecule has 132 valence electrons. The highest BCUT2D eigenvalue weighted by molar-refractivity contribution is 4.91. The fourth-order valence-corrected chi connectivity index (χ4v) is 3.07. The van der Waals surface area contributed by atoms with Crippen LogP contribution in [-0.4, -0.2) is 57.6 Å². The Balaban J connectivity index is 2.11. The zero-order chi connectivity index (χ0) is 16.4. The van der Waals surface area contributed by atoms with Crippen molar-refractivity contribution in [3.63, 3.8) is 0 Å². The normalized spacial score (nSPS) is 32.3. The summed E-state index contributed by atoms with van der Waals surface area (Å²) in [5.41, 5.74) is 0. The maximum absolute atomic E-state index is 9.93. The molecule has 5 atom stereocenters. The predicted molar refractivity (Wildman–Crippen MR) is 85.6 cm³/mol. The highest BCUT2D eigenvalue weighted by atomic mass is 16.5. The second-order valence-electron chi connectivity index (χ2n) is 6.48. The quantitative estimate of drug-likeness (QED) is 0.436. The fraction of sp³-hybridized carbons (Fsp3) is 1.00. The van der Waals surface area contributed by atoms with Crippen LogP contribution in [0, 0.1) is 0 Å². The molecule has 0 amide bonds. The average Bonchev–Trinajstić information content (AvgIpc) is 2.53. The van der Waals surface area contributed by atoms with E-state index in [0.717, 1.165) is 12.8 Å². The molecule has 0 aromatic heterocycles. The number of aliphatic hydroxyl groups is 4. The summed E-state index contributed by atoms with van der Waals surface area (Å²) in [4.78, 5) is 0. The number of unbranched alkanes of at least 4 members (excludes halogenated alkanes) is 8. The van der Waals surface area contributed by atoms with Gasteiger partial charge in [-0.1, -0.05) is 64.7 Å². The van der Waals surface area contributed by atoms with E-state index in [1.165, 1.54) is 44.9 Å². The molecule has 0 bridgehead atoms. The third kappa shape index (κ3) is 6.50. The largest absolute Gasteiger partial charge is 0.394 e. The van der Waals surface area contributed by atoms with E-state index in [9.17, 15) is 15.3 Å². The van der Waals surface area contributed by atoms with Gasteiger partial charge in [0.05, 0.1) is 12.7 Å². The minimum atomic E-state index is -1.24. The SMILES string of the molecule is CCCCCCCCCCC[C@@H]1O[C@H](CO)[C@@H](O)[C@H](O)[C@H]1O. The minimum absolute atomic E-state index is 0.348. The van der Waals surface area contributed by atoms with E-state index in [1.54, 1.807) is 0 Å². The first-order valence-electron chi connectivity index (χ1n) is 8.92. The lowest BCUT2D eigenvalue weighted by Crippen LogP contribution is -2.58. The fourth-order valence-electron chi connectivity index (χ4n) is 3.07. The molecule has 1 saturated heterocycles. The predicted octanol–water partition coefficient (Wildman–Crippen LogP) is 1.75. The van der Waals surface area contributed by atoms with Gasteiger partial charge in [0.15, 0.2) is 0 Å². The van der Waals surface area contributed by atoms with Crippen molar-refractivity contribution in [3.8, 4) is 0 Å². The smallest absolute Gasteiger partial charge is 0.111 e. The molecule has 1 aliphatic rings. The molecule has 0 aliphatic carbocycles. The Hall–Kier alpha value is -0.200. The molecule has 1 heterocycles. The summed E-state index contributed by atoms with van der Waals surface area (Å²) in [6, 6.07) is 0. The van der Waals surface area contributed by atoms with Gasteiger partial charge in [0.25, 0.3) is 0 Å². The molecule has 1 aliphatic heterocycles. The maximum Gasteiger partial charge on any atom is 0.111 e. The summed E-state index contributed by atoms with van der Waals surface area (Å²) < 4.78 is 5.49. The van der Waals surface area contributed by atoms with Crippen LogP contribution in [0.25, 0.3) is 0 Å². The lowest BCUT2D eigenvalue weighted by atomic mass is 9.92. The zero-order valence-corrected chi connectivity index (χ0v) is 13.9. The highest BCUT2D eigenvalue weighted by Crippen LogP contribution is 2.24. The topological polar surface area (TPSA) is 90.2 Å². The monoisotopic (exact) mass is 318 g/mol. The van der Waals surface area contributed by atoms with Crippen LogP contribution in [0.3, 0.4) is 0 Å². The van der Waals surface area contributed by atoms with Crippen LogP contribution in [0.1, 0.15) is 71.1 Å². The van der Waals surface area contributed by atoms with Gasteiger partial charge in [0.2, 0.25) is 0 Å². The Bertz CT molecular complexity index is 272. The molecule has 0 spiro atoms. The Morgan fingerprint density at radius 2 is 1.18 bits per heavy atom. The minimum Gasteiger partial charge on any atom is -0.394 e. The Kier molecular flexibility index (Phi) is 10.2. The third-order valence-corrected chi connectivity index (χ3v) is 4.58. The van der Waals surface area contributed by atoms with Gasteiger partial charge in [0, 0.05) is 0 Å².